The van der Waals surface area contributed by atoms with E-state index in [0.29, 0.717) is 16.8 Å². The number of carbonyl (C=O) groups excluding carboxylic acids is 1. The summed E-state index contributed by atoms with van der Waals surface area (Å²) < 4.78 is 1.69. The number of aliphatic hydroxyl groups excluding tert-OH is 1. The highest BCUT2D eigenvalue weighted by molar-refractivity contribution is 6.05. The number of aromatic nitrogens is 3. The number of aryl methyl sites for hydroxylation is 1. The first-order valence-electron chi connectivity index (χ1n) is 7.36. The molecule has 0 bridgehead atoms. The number of amides is 1. The summed E-state index contributed by atoms with van der Waals surface area (Å²) in [6, 6.07) is 8.79. The minimum absolute atomic E-state index is 0.166. The van der Waals surface area contributed by atoms with Gasteiger partial charge in [0.25, 0.3) is 5.91 Å². The maximum Gasteiger partial charge on any atom is 0.255 e. The van der Waals surface area contributed by atoms with Crippen molar-refractivity contribution in [3.8, 4) is 0 Å². The summed E-state index contributed by atoms with van der Waals surface area (Å²) in [4.78, 5) is 16.4. The van der Waals surface area contributed by atoms with Crippen molar-refractivity contribution < 1.29 is 9.90 Å². The highest BCUT2D eigenvalue weighted by Crippen LogP contribution is 2.19. The van der Waals surface area contributed by atoms with Gasteiger partial charge < -0.3 is 15.7 Å². The van der Waals surface area contributed by atoms with E-state index in [1.54, 1.807) is 41.3 Å². The zero-order chi connectivity index (χ0) is 16.9. The molecule has 0 fully saturated rings. The minimum Gasteiger partial charge on any atom is -0.392 e. The van der Waals surface area contributed by atoms with Crippen LogP contribution in [0.2, 0.25) is 0 Å². The average Bonchev–Trinajstić information content (AvgIpc) is 3.00. The number of rotatable bonds is 5. The van der Waals surface area contributed by atoms with E-state index in [0.717, 1.165) is 11.4 Å². The highest BCUT2D eigenvalue weighted by atomic mass is 16.3. The lowest BCUT2D eigenvalue weighted by molar-refractivity contribution is 0.102. The van der Waals surface area contributed by atoms with E-state index in [1.165, 1.54) is 6.20 Å². The van der Waals surface area contributed by atoms with Crippen molar-refractivity contribution in [2.75, 3.05) is 10.6 Å². The molecule has 3 N–H and O–H groups in total. The van der Waals surface area contributed by atoms with Gasteiger partial charge in [0.1, 0.15) is 0 Å². The molecule has 1 amide bonds. The zero-order valence-electron chi connectivity index (χ0n) is 13.1. The van der Waals surface area contributed by atoms with Crippen LogP contribution in [0.3, 0.4) is 0 Å². The maximum atomic E-state index is 12.4. The third-order valence-corrected chi connectivity index (χ3v) is 3.45. The molecule has 1 aromatic carbocycles. The summed E-state index contributed by atoms with van der Waals surface area (Å²) in [5.74, 6) is -0.271. The molecule has 7 nitrogen and oxygen atoms in total. The van der Waals surface area contributed by atoms with Gasteiger partial charge in [-0.2, -0.15) is 5.10 Å². The molecular formula is C17H17N5O2. The molecule has 0 aliphatic carbocycles. The Morgan fingerprint density at radius 3 is 2.88 bits per heavy atom. The lowest BCUT2D eigenvalue weighted by Crippen LogP contribution is -2.13. The molecule has 0 saturated carbocycles. The number of nitrogens with one attached hydrogen (secondary N) is 2. The number of anilines is 3. The first kappa shape index (κ1) is 15.7. The van der Waals surface area contributed by atoms with E-state index in [2.05, 4.69) is 20.7 Å². The fourth-order valence-electron chi connectivity index (χ4n) is 2.26. The first-order valence-corrected chi connectivity index (χ1v) is 7.36. The van der Waals surface area contributed by atoms with Gasteiger partial charge in [0.15, 0.2) is 0 Å². The summed E-state index contributed by atoms with van der Waals surface area (Å²) in [6.07, 6.45) is 6.63. The molecule has 0 spiro atoms. The lowest BCUT2D eigenvalue weighted by atomic mass is 10.1. The third kappa shape index (κ3) is 3.58. The Morgan fingerprint density at radius 2 is 2.12 bits per heavy atom. The molecule has 0 aliphatic heterocycles. The SMILES string of the molecule is Cn1cc(Nc2cccc(C(=O)Nc3cnccc3CO)c2)cn1. The maximum absolute atomic E-state index is 12.4. The molecule has 0 radical (unpaired) electrons. The smallest absolute Gasteiger partial charge is 0.255 e. The van der Waals surface area contributed by atoms with E-state index in [9.17, 15) is 9.90 Å². The van der Waals surface area contributed by atoms with Crippen LogP contribution in [0.1, 0.15) is 15.9 Å². The molecule has 122 valence electrons. The summed E-state index contributed by atoms with van der Waals surface area (Å²) in [5, 5.41) is 19.4. The van der Waals surface area contributed by atoms with Gasteiger partial charge in [-0.05, 0) is 24.3 Å². The van der Waals surface area contributed by atoms with Crippen LogP contribution in [-0.2, 0) is 13.7 Å². The Kier molecular flexibility index (Phi) is 4.53. The van der Waals surface area contributed by atoms with E-state index in [-0.39, 0.29) is 12.5 Å². The largest absolute Gasteiger partial charge is 0.392 e. The molecule has 3 rings (SSSR count). The third-order valence-electron chi connectivity index (χ3n) is 3.45. The predicted octanol–water partition coefficient (Wildman–Crippen LogP) is 2.30. The van der Waals surface area contributed by atoms with Gasteiger partial charge in [-0.15, -0.1) is 0 Å². The second kappa shape index (κ2) is 6.93. The first-order chi connectivity index (χ1) is 11.7. The molecular weight excluding hydrogens is 306 g/mol. The molecule has 7 heteroatoms. The number of hydrogen-bond donors (Lipinski definition) is 3. The Hall–Kier alpha value is -3.19. The normalized spacial score (nSPS) is 10.4. The van der Waals surface area contributed by atoms with Crippen LogP contribution < -0.4 is 10.6 Å². The lowest BCUT2D eigenvalue weighted by Gasteiger charge is -2.10. The van der Waals surface area contributed by atoms with Crippen molar-refractivity contribution in [1.29, 1.82) is 0 Å². The van der Waals surface area contributed by atoms with Gasteiger partial charge in [-0.1, -0.05) is 6.07 Å². The van der Waals surface area contributed by atoms with Crippen LogP contribution >= 0.6 is 0 Å². The van der Waals surface area contributed by atoms with Crippen molar-refractivity contribution >= 4 is 23.0 Å². The highest BCUT2D eigenvalue weighted by Gasteiger charge is 2.10. The van der Waals surface area contributed by atoms with Gasteiger partial charge in [0, 0.05) is 36.3 Å². The van der Waals surface area contributed by atoms with Crippen molar-refractivity contribution in [2.45, 2.75) is 6.61 Å². The van der Waals surface area contributed by atoms with E-state index < -0.39 is 0 Å². The average molecular weight is 323 g/mol. The predicted molar refractivity (Wildman–Crippen MR) is 91.0 cm³/mol. The number of nitrogens with zero attached hydrogens (tertiary/aromatic N) is 3. The number of carbonyl (C=O) groups is 1. The zero-order valence-corrected chi connectivity index (χ0v) is 13.1. The molecule has 24 heavy (non-hydrogen) atoms. The number of hydrogen-bond acceptors (Lipinski definition) is 5. The molecule has 0 atom stereocenters. The number of pyridine rings is 1. The van der Waals surface area contributed by atoms with Crippen LogP contribution in [0.5, 0.6) is 0 Å². The Bertz CT molecular complexity index is 859. The van der Waals surface area contributed by atoms with Crippen LogP contribution in [0.25, 0.3) is 0 Å². The standard InChI is InChI=1S/C17H17N5O2/c1-22-10-15(8-19-22)20-14-4-2-3-12(7-14)17(24)21-16-9-18-6-5-13(16)11-23/h2-10,20,23H,11H2,1H3,(H,21,24). The molecule has 3 aromatic rings. The summed E-state index contributed by atoms with van der Waals surface area (Å²) >= 11 is 0. The Labute approximate surface area is 139 Å². The van der Waals surface area contributed by atoms with Crippen molar-refractivity contribution in [2.24, 2.45) is 7.05 Å². The van der Waals surface area contributed by atoms with Crippen LogP contribution in [-0.4, -0.2) is 25.8 Å². The van der Waals surface area contributed by atoms with E-state index in [1.807, 2.05) is 19.3 Å². The molecule has 0 unspecified atom stereocenters. The summed E-state index contributed by atoms with van der Waals surface area (Å²) in [6.45, 7) is -0.166. The Balaban J connectivity index is 1.76. The monoisotopic (exact) mass is 323 g/mol. The molecule has 0 saturated heterocycles. The minimum atomic E-state index is -0.271. The Morgan fingerprint density at radius 1 is 1.25 bits per heavy atom. The van der Waals surface area contributed by atoms with Crippen LogP contribution in [0.15, 0.2) is 55.1 Å². The van der Waals surface area contributed by atoms with Gasteiger partial charge >= 0.3 is 0 Å². The van der Waals surface area contributed by atoms with Gasteiger partial charge in [0.2, 0.25) is 0 Å². The fraction of sp³-hybridized carbons (Fsp3) is 0.118. The number of aliphatic hydroxyl groups is 1. The molecule has 0 aliphatic rings. The molecule has 2 aromatic heterocycles. The fourth-order valence-corrected chi connectivity index (χ4v) is 2.26. The van der Waals surface area contributed by atoms with Crippen molar-refractivity contribution in [1.82, 2.24) is 14.8 Å². The quantitative estimate of drug-likeness (QED) is 0.670. The summed E-state index contributed by atoms with van der Waals surface area (Å²) in [5.41, 5.74) is 3.23. The van der Waals surface area contributed by atoms with Crippen LogP contribution in [0, 0.1) is 0 Å². The second-order valence-corrected chi connectivity index (χ2v) is 5.25. The topological polar surface area (TPSA) is 92.1 Å². The summed E-state index contributed by atoms with van der Waals surface area (Å²) in [7, 11) is 1.84. The number of benzene rings is 1. The van der Waals surface area contributed by atoms with E-state index >= 15 is 0 Å². The van der Waals surface area contributed by atoms with Crippen molar-refractivity contribution in [3.63, 3.8) is 0 Å². The second-order valence-electron chi connectivity index (χ2n) is 5.25. The van der Waals surface area contributed by atoms with E-state index in [4.69, 9.17) is 0 Å². The molecule has 2 heterocycles. The van der Waals surface area contributed by atoms with Gasteiger partial charge in [-0.25, -0.2) is 0 Å². The van der Waals surface area contributed by atoms with Gasteiger partial charge in [0.05, 0.1) is 30.4 Å². The van der Waals surface area contributed by atoms with Crippen molar-refractivity contribution in [3.05, 3.63) is 66.2 Å². The van der Waals surface area contributed by atoms with Gasteiger partial charge in [-0.3, -0.25) is 14.5 Å². The van der Waals surface area contributed by atoms with Crippen LogP contribution in [0.4, 0.5) is 17.1 Å².